The summed E-state index contributed by atoms with van der Waals surface area (Å²) in [6.45, 7) is 1.87. The fourth-order valence-corrected chi connectivity index (χ4v) is 0.900. The molecule has 0 unspecified atom stereocenters. The Balaban J connectivity index is 3.14. The lowest BCUT2D eigenvalue weighted by atomic mass is 10.1. The van der Waals surface area contributed by atoms with Crippen LogP contribution in [0.1, 0.15) is 12.5 Å². The monoisotopic (exact) mass is 149 g/mol. The summed E-state index contributed by atoms with van der Waals surface area (Å²) in [5, 5.41) is 9.33. The number of benzene rings is 1. The molecule has 11 heavy (non-hydrogen) atoms. The summed E-state index contributed by atoms with van der Waals surface area (Å²) in [5.41, 5.74) is 1.65. The molecule has 0 fully saturated rings. The van der Waals surface area contributed by atoms with Gasteiger partial charge in [0.2, 0.25) is 0 Å². The second-order valence-electron chi connectivity index (χ2n) is 2.33. The quantitative estimate of drug-likeness (QED) is 0.607. The van der Waals surface area contributed by atoms with Crippen molar-refractivity contribution < 1.29 is 5.11 Å². The maximum Gasteiger partial charge on any atom is 0.124 e. The molecule has 0 spiro atoms. The van der Waals surface area contributed by atoms with Gasteiger partial charge in [-0.15, -0.1) is 0 Å². The highest BCUT2D eigenvalue weighted by Crippen LogP contribution is 2.15. The molecule has 1 N–H and O–H groups in total. The van der Waals surface area contributed by atoms with Gasteiger partial charge in [0.25, 0.3) is 0 Å². The normalized spacial score (nSPS) is 11.6. The molecule has 2 heteroatoms. The highest BCUT2D eigenvalue weighted by atomic mass is 16.3. The molecular formula is C9H11NO. The van der Waals surface area contributed by atoms with Crippen LogP contribution in [0.3, 0.4) is 0 Å². The highest BCUT2D eigenvalue weighted by Gasteiger charge is 2.00. The van der Waals surface area contributed by atoms with Crippen LogP contribution in [0, 0.1) is 0 Å². The van der Waals surface area contributed by atoms with Crippen molar-refractivity contribution in [3.8, 4) is 5.75 Å². The minimum Gasteiger partial charge on any atom is -0.507 e. The number of para-hydroxylation sites is 1. The molecule has 2 nitrogen and oxygen atoms in total. The van der Waals surface area contributed by atoms with E-state index in [4.69, 9.17) is 0 Å². The third-order valence-electron chi connectivity index (χ3n) is 1.63. The predicted octanol–water partition coefficient (Wildman–Crippen LogP) is 1.83. The molecule has 0 aliphatic carbocycles. The Morgan fingerprint density at radius 3 is 2.55 bits per heavy atom. The maximum atomic E-state index is 9.33. The largest absolute Gasteiger partial charge is 0.507 e. The second kappa shape index (κ2) is 3.19. The van der Waals surface area contributed by atoms with E-state index in [-0.39, 0.29) is 5.75 Å². The van der Waals surface area contributed by atoms with Gasteiger partial charge in [0.05, 0.1) is 0 Å². The molecule has 0 bridgehead atoms. The number of aromatic hydroxyl groups is 1. The molecular weight excluding hydrogens is 138 g/mol. The highest BCUT2D eigenvalue weighted by molar-refractivity contribution is 6.00. The maximum absolute atomic E-state index is 9.33. The average Bonchev–Trinajstić information content (AvgIpc) is 2.04. The van der Waals surface area contributed by atoms with Crippen molar-refractivity contribution in [3.63, 3.8) is 0 Å². The van der Waals surface area contributed by atoms with Gasteiger partial charge in [-0.1, -0.05) is 12.1 Å². The van der Waals surface area contributed by atoms with E-state index in [1.54, 1.807) is 19.2 Å². The zero-order valence-corrected chi connectivity index (χ0v) is 6.70. The number of rotatable bonds is 1. The number of phenols is 1. The van der Waals surface area contributed by atoms with E-state index in [2.05, 4.69) is 4.99 Å². The Kier molecular flexibility index (Phi) is 2.26. The topological polar surface area (TPSA) is 32.6 Å². The van der Waals surface area contributed by atoms with E-state index in [0.29, 0.717) is 0 Å². The van der Waals surface area contributed by atoms with Crippen molar-refractivity contribution in [3.05, 3.63) is 29.8 Å². The number of hydrogen-bond acceptors (Lipinski definition) is 2. The van der Waals surface area contributed by atoms with Crippen molar-refractivity contribution in [2.75, 3.05) is 7.05 Å². The first-order valence-corrected chi connectivity index (χ1v) is 3.47. The van der Waals surface area contributed by atoms with Crippen LogP contribution in [0.15, 0.2) is 29.3 Å². The number of aliphatic imine (C=N–C) groups is 1. The summed E-state index contributed by atoms with van der Waals surface area (Å²) < 4.78 is 0. The van der Waals surface area contributed by atoms with Crippen LogP contribution in [0.4, 0.5) is 0 Å². The first-order valence-electron chi connectivity index (χ1n) is 3.47. The van der Waals surface area contributed by atoms with Crippen LogP contribution in [0.2, 0.25) is 0 Å². The SMILES string of the molecule is C/N=C(/C)c1ccccc1O. The van der Waals surface area contributed by atoms with Crippen molar-refractivity contribution in [2.24, 2.45) is 4.99 Å². The third kappa shape index (κ3) is 1.58. The second-order valence-corrected chi connectivity index (χ2v) is 2.33. The Labute approximate surface area is 66.2 Å². The predicted molar refractivity (Wildman–Crippen MR) is 46.2 cm³/mol. The first kappa shape index (κ1) is 7.79. The molecule has 0 amide bonds. The van der Waals surface area contributed by atoms with Gasteiger partial charge in [-0.3, -0.25) is 4.99 Å². The zero-order valence-electron chi connectivity index (χ0n) is 6.70. The van der Waals surface area contributed by atoms with E-state index in [0.717, 1.165) is 11.3 Å². The summed E-state index contributed by atoms with van der Waals surface area (Å²) >= 11 is 0. The van der Waals surface area contributed by atoms with E-state index in [1.165, 1.54) is 0 Å². The number of hydrogen-bond donors (Lipinski definition) is 1. The van der Waals surface area contributed by atoms with Crippen molar-refractivity contribution in [2.45, 2.75) is 6.92 Å². The van der Waals surface area contributed by atoms with Gasteiger partial charge in [0.15, 0.2) is 0 Å². The summed E-state index contributed by atoms with van der Waals surface area (Å²) in [6, 6.07) is 7.17. The first-order chi connectivity index (χ1) is 5.25. The van der Waals surface area contributed by atoms with Gasteiger partial charge in [-0.05, 0) is 19.1 Å². The minimum atomic E-state index is 0.288. The molecule has 1 rings (SSSR count). The molecule has 0 saturated heterocycles. The molecule has 1 aromatic carbocycles. The standard InChI is InChI=1S/C9H11NO/c1-7(10-2)8-5-3-4-6-9(8)11/h3-6,11H,1-2H3/b10-7-. The fraction of sp³-hybridized carbons (Fsp3) is 0.222. The van der Waals surface area contributed by atoms with Gasteiger partial charge in [0.1, 0.15) is 5.75 Å². The molecule has 0 aliphatic rings. The van der Waals surface area contributed by atoms with E-state index >= 15 is 0 Å². The van der Waals surface area contributed by atoms with E-state index < -0.39 is 0 Å². The van der Waals surface area contributed by atoms with Crippen LogP contribution in [0.25, 0.3) is 0 Å². The molecule has 0 heterocycles. The smallest absolute Gasteiger partial charge is 0.124 e. The lowest BCUT2D eigenvalue weighted by Gasteiger charge is -2.00. The fourth-order valence-electron chi connectivity index (χ4n) is 0.900. The van der Waals surface area contributed by atoms with E-state index in [1.807, 2.05) is 19.1 Å². The van der Waals surface area contributed by atoms with Crippen molar-refractivity contribution >= 4 is 5.71 Å². The summed E-state index contributed by atoms with van der Waals surface area (Å²) in [4.78, 5) is 3.98. The molecule has 0 aromatic heterocycles. The Bertz CT molecular complexity index is 279. The molecule has 0 atom stereocenters. The molecule has 0 aliphatic heterocycles. The van der Waals surface area contributed by atoms with Gasteiger partial charge < -0.3 is 5.11 Å². The zero-order chi connectivity index (χ0) is 8.27. The number of nitrogens with zero attached hydrogens (tertiary/aromatic N) is 1. The molecule has 0 radical (unpaired) electrons. The minimum absolute atomic E-state index is 0.288. The van der Waals surface area contributed by atoms with Crippen LogP contribution in [-0.2, 0) is 0 Å². The summed E-state index contributed by atoms with van der Waals surface area (Å²) in [6.07, 6.45) is 0. The van der Waals surface area contributed by atoms with Gasteiger partial charge in [-0.25, -0.2) is 0 Å². The molecule has 1 aromatic rings. The van der Waals surface area contributed by atoms with Crippen LogP contribution < -0.4 is 0 Å². The van der Waals surface area contributed by atoms with Gasteiger partial charge in [0, 0.05) is 18.3 Å². The van der Waals surface area contributed by atoms with Crippen molar-refractivity contribution in [1.82, 2.24) is 0 Å². The van der Waals surface area contributed by atoms with Gasteiger partial charge in [-0.2, -0.15) is 0 Å². The van der Waals surface area contributed by atoms with E-state index in [9.17, 15) is 5.11 Å². The summed E-state index contributed by atoms with van der Waals surface area (Å²) in [5.74, 6) is 0.288. The summed E-state index contributed by atoms with van der Waals surface area (Å²) in [7, 11) is 1.71. The van der Waals surface area contributed by atoms with Crippen LogP contribution >= 0.6 is 0 Å². The molecule has 58 valence electrons. The third-order valence-corrected chi connectivity index (χ3v) is 1.63. The Morgan fingerprint density at radius 2 is 2.00 bits per heavy atom. The van der Waals surface area contributed by atoms with Crippen LogP contribution in [-0.4, -0.2) is 17.9 Å². The Hall–Kier alpha value is -1.31. The van der Waals surface area contributed by atoms with Crippen molar-refractivity contribution in [1.29, 1.82) is 0 Å². The molecule has 0 saturated carbocycles. The van der Waals surface area contributed by atoms with Gasteiger partial charge >= 0.3 is 0 Å². The average molecular weight is 149 g/mol. The van der Waals surface area contributed by atoms with Crippen LogP contribution in [0.5, 0.6) is 5.75 Å². The lowest BCUT2D eigenvalue weighted by molar-refractivity contribution is 0.474. The number of phenolic OH excluding ortho intramolecular Hbond substituents is 1. The Morgan fingerprint density at radius 1 is 1.36 bits per heavy atom. The lowest BCUT2D eigenvalue weighted by Crippen LogP contribution is -1.93.